The molecule has 0 heterocycles. The summed E-state index contributed by atoms with van der Waals surface area (Å²) in [6, 6.07) is 8.59. The third kappa shape index (κ3) is 5.88. The van der Waals surface area contributed by atoms with Crippen LogP contribution in [-0.4, -0.2) is 18.1 Å². The molecule has 0 radical (unpaired) electrons. The van der Waals surface area contributed by atoms with Crippen LogP contribution in [-0.2, 0) is 22.5 Å². The molecule has 0 amide bonds. The number of aryl methyl sites for hydroxylation is 1. The van der Waals surface area contributed by atoms with E-state index in [1.807, 2.05) is 13.8 Å². The maximum Gasteiger partial charge on any atom is 0.305 e. The minimum atomic E-state index is -0.214. The van der Waals surface area contributed by atoms with Gasteiger partial charge in [-0.25, -0.2) is 0 Å². The topological polar surface area (TPSA) is 38.3 Å². The maximum atomic E-state index is 11.2. The Hall–Kier alpha value is -1.35. The van der Waals surface area contributed by atoms with Gasteiger partial charge in [-0.05, 0) is 31.4 Å². The first-order valence-corrected chi connectivity index (χ1v) is 6.95. The maximum absolute atomic E-state index is 11.2. The van der Waals surface area contributed by atoms with Gasteiger partial charge >= 0.3 is 5.97 Å². The van der Waals surface area contributed by atoms with Gasteiger partial charge in [0, 0.05) is 18.5 Å². The summed E-state index contributed by atoms with van der Waals surface area (Å²) in [6.07, 6.45) is 1.49. The summed E-state index contributed by atoms with van der Waals surface area (Å²) in [6.45, 7) is 9.20. The van der Waals surface area contributed by atoms with Gasteiger partial charge in [0.05, 0.1) is 0 Å². The summed E-state index contributed by atoms with van der Waals surface area (Å²) in [5.41, 5.74) is 2.38. The lowest BCUT2D eigenvalue weighted by Crippen LogP contribution is -2.43. The molecule has 0 aliphatic rings. The second kappa shape index (κ2) is 7.29. The molecule has 0 saturated carbocycles. The monoisotopic (exact) mass is 263 g/mol. The molecular formula is C16H25NO2. The minimum absolute atomic E-state index is 0.151. The summed E-state index contributed by atoms with van der Waals surface area (Å²) in [5.74, 6) is -0.151. The Labute approximate surface area is 116 Å². The zero-order valence-corrected chi connectivity index (χ0v) is 12.5. The number of ether oxygens (including phenoxy) is 1. The lowest BCUT2D eigenvalue weighted by Gasteiger charge is -2.26. The van der Waals surface area contributed by atoms with Crippen molar-refractivity contribution in [3.63, 3.8) is 0 Å². The second-order valence-corrected chi connectivity index (χ2v) is 5.42. The number of rotatable bonds is 7. The molecule has 0 saturated heterocycles. The molecule has 1 aromatic rings. The molecule has 106 valence electrons. The van der Waals surface area contributed by atoms with Gasteiger partial charge in [0.2, 0.25) is 0 Å². The fraction of sp³-hybridized carbons (Fsp3) is 0.562. The number of carbonyl (C=O) groups excluding carboxylic acids is 1. The van der Waals surface area contributed by atoms with Gasteiger partial charge in [0.15, 0.2) is 0 Å². The molecule has 0 spiro atoms. The highest BCUT2D eigenvalue weighted by Crippen LogP contribution is 2.09. The molecule has 3 nitrogen and oxygen atoms in total. The lowest BCUT2D eigenvalue weighted by molar-refractivity contribution is -0.145. The van der Waals surface area contributed by atoms with Crippen molar-refractivity contribution in [1.82, 2.24) is 5.32 Å². The standard InChI is InChI=1S/C16H25NO2/c1-5-13-7-9-14(10-8-13)11-17-16(3,4)12-19-15(18)6-2/h7-10,17H,5-6,11-12H2,1-4H3. The van der Waals surface area contributed by atoms with Crippen molar-refractivity contribution in [2.45, 2.75) is 52.6 Å². The van der Waals surface area contributed by atoms with Crippen LogP contribution in [0.25, 0.3) is 0 Å². The highest BCUT2D eigenvalue weighted by Gasteiger charge is 2.18. The van der Waals surface area contributed by atoms with Gasteiger partial charge in [-0.1, -0.05) is 38.1 Å². The Kier molecular flexibility index (Phi) is 6.03. The number of hydrogen-bond donors (Lipinski definition) is 1. The van der Waals surface area contributed by atoms with E-state index in [9.17, 15) is 4.79 Å². The van der Waals surface area contributed by atoms with Crippen molar-refractivity contribution in [3.05, 3.63) is 35.4 Å². The van der Waals surface area contributed by atoms with Crippen LogP contribution < -0.4 is 5.32 Å². The van der Waals surface area contributed by atoms with Crippen LogP contribution in [0.5, 0.6) is 0 Å². The van der Waals surface area contributed by atoms with Gasteiger partial charge < -0.3 is 10.1 Å². The van der Waals surface area contributed by atoms with E-state index in [2.05, 4.69) is 36.5 Å². The van der Waals surface area contributed by atoms with Crippen LogP contribution in [0.3, 0.4) is 0 Å². The zero-order valence-electron chi connectivity index (χ0n) is 12.5. The van der Waals surface area contributed by atoms with Crippen LogP contribution in [0.1, 0.15) is 45.2 Å². The smallest absolute Gasteiger partial charge is 0.305 e. The number of nitrogens with one attached hydrogen (secondary N) is 1. The minimum Gasteiger partial charge on any atom is -0.464 e. The zero-order chi connectivity index (χ0) is 14.3. The molecule has 19 heavy (non-hydrogen) atoms. The average Bonchev–Trinajstić information content (AvgIpc) is 2.43. The molecule has 0 aromatic heterocycles. The predicted octanol–water partition coefficient (Wildman–Crippen LogP) is 3.07. The van der Waals surface area contributed by atoms with Crippen LogP contribution in [0.2, 0.25) is 0 Å². The molecule has 1 N–H and O–H groups in total. The van der Waals surface area contributed by atoms with Gasteiger partial charge in [0.25, 0.3) is 0 Å². The van der Waals surface area contributed by atoms with E-state index in [4.69, 9.17) is 4.74 Å². The number of carbonyl (C=O) groups is 1. The molecule has 0 unspecified atom stereocenters. The first-order valence-electron chi connectivity index (χ1n) is 6.95. The fourth-order valence-corrected chi connectivity index (χ4v) is 1.65. The Balaban J connectivity index is 2.42. The normalized spacial score (nSPS) is 11.4. The molecule has 1 aromatic carbocycles. The summed E-state index contributed by atoms with van der Waals surface area (Å²) >= 11 is 0. The largest absolute Gasteiger partial charge is 0.464 e. The van der Waals surface area contributed by atoms with E-state index in [0.717, 1.165) is 13.0 Å². The molecule has 3 heteroatoms. The van der Waals surface area contributed by atoms with Crippen molar-refractivity contribution in [2.75, 3.05) is 6.61 Å². The Bertz CT molecular complexity index is 396. The van der Waals surface area contributed by atoms with Crippen LogP contribution in [0.15, 0.2) is 24.3 Å². The van der Waals surface area contributed by atoms with Crippen molar-refractivity contribution >= 4 is 5.97 Å². The van der Waals surface area contributed by atoms with E-state index in [0.29, 0.717) is 13.0 Å². The van der Waals surface area contributed by atoms with Gasteiger partial charge in [0.1, 0.15) is 6.61 Å². The molecule has 0 bridgehead atoms. The molecule has 0 fully saturated rings. The second-order valence-electron chi connectivity index (χ2n) is 5.42. The summed E-state index contributed by atoms with van der Waals surface area (Å²) in [7, 11) is 0. The average molecular weight is 263 g/mol. The summed E-state index contributed by atoms with van der Waals surface area (Å²) in [5, 5.41) is 3.41. The quantitative estimate of drug-likeness (QED) is 0.768. The van der Waals surface area contributed by atoms with Crippen molar-refractivity contribution in [1.29, 1.82) is 0 Å². The molecule has 0 aliphatic carbocycles. The number of hydrogen-bond acceptors (Lipinski definition) is 3. The van der Waals surface area contributed by atoms with E-state index in [1.165, 1.54) is 11.1 Å². The van der Waals surface area contributed by atoms with Crippen molar-refractivity contribution < 1.29 is 9.53 Å². The fourth-order valence-electron chi connectivity index (χ4n) is 1.65. The van der Waals surface area contributed by atoms with Crippen LogP contribution >= 0.6 is 0 Å². The predicted molar refractivity (Wildman–Crippen MR) is 78.0 cm³/mol. The van der Waals surface area contributed by atoms with Crippen molar-refractivity contribution in [2.24, 2.45) is 0 Å². The third-order valence-corrected chi connectivity index (χ3v) is 3.08. The molecule has 1 rings (SSSR count). The van der Waals surface area contributed by atoms with Crippen LogP contribution in [0, 0.1) is 0 Å². The Morgan fingerprint density at radius 1 is 1.16 bits per heavy atom. The van der Waals surface area contributed by atoms with Gasteiger partial charge in [-0.3, -0.25) is 4.79 Å². The highest BCUT2D eigenvalue weighted by atomic mass is 16.5. The SMILES string of the molecule is CCC(=O)OCC(C)(C)NCc1ccc(CC)cc1. The third-order valence-electron chi connectivity index (χ3n) is 3.08. The molecule has 0 atom stereocenters. The summed E-state index contributed by atoms with van der Waals surface area (Å²) in [4.78, 5) is 11.2. The van der Waals surface area contributed by atoms with E-state index < -0.39 is 0 Å². The van der Waals surface area contributed by atoms with E-state index in [1.54, 1.807) is 6.92 Å². The Morgan fingerprint density at radius 2 is 1.74 bits per heavy atom. The van der Waals surface area contributed by atoms with Crippen molar-refractivity contribution in [3.8, 4) is 0 Å². The first-order chi connectivity index (χ1) is 8.96. The molecule has 0 aliphatic heterocycles. The van der Waals surface area contributed by atoms with Gasteiger partial charge in [-0.15, -0.1) is 0 Å². The number of benzene rings is 1. The van der Waals surface area contributed by atoms with Crippen LogP contribution in [0.4, 0.5) is 0 Å². The molecular weight excluding hydrogens is 238 g/mol. The first kappa shape index (κ1) is 15.7. The van der Waals surface area contributed by atoms with Gasteiger partial charge in [-0.2, -0.15) is 0 Å². The lowest BCUT2D eigenvalue weighted by atomic mass is 10.1. The number of esters is 1. The van der Waals surface area contributed by atoms with E-state index >= 15 is 0 Å². The summed E-state index contributed by atoms with van der Waals surface area (Å²) < 4.78 is 5.18. The van der Waals surface area contributed by atoms with E-state index in [-0.39, 0.29) is 11.5 Å². The Morgan fingerprint density at radius 3 is 2.26 bits per heavy atom. The highest BCUT2D eigenvalue weighted by molar-refractivity contribution is 5.68.